The average Bonchev–Trinajstić information content (AvgIpc) is 2.97. The van der Waals surface area contributed by atoms with Crippen LogP contribution in [-0.4, -0.2) is 47.8 Å². The number of amides is 2. The lowest BCUT2D eigenvalue weighted by atomic mass is 9.92. The number of alkyl halides is 1. The fourth-order valence-electron chi connectivity index (χ4n) is 2.91. The second-order valence-corrected chi connectivity index (χ2v) is 8.55. The van der Waals surface area contributed by atoms with E-state index in [1.807, 2.05) is 31.2 Å². The fourth-order valence-corrected chi connectivity index (χ4v) is 3.17. The Bertz CT molecular complexity index is 645. The quantitative estimate of drug-likeness (QED) is 0.787. The number of alkyl carbamates (subject to hydrolysis) is 1. The fraction of sp³-hybridized carbons (Fsp3) is 0.579. The summed E-state index contributed by atoms with van der Waals surface area (Å²) in [6.07, 6.45) is -1.34. The van der Waals surface area contributed by atoms with Gasteiger partial charge in [0.1, 0.15) is 17.8 Å². The van der Waals surface area contributed by atoms with Crippen LogP contribution in [0.5, 0.6) is 0 Å². The van der Waals surface area contributed by atoms with Crippen molar-refractivity contribution < 1.29 is 18.7 Å². The third-order valence-corrected chi connectivity index (χ3v) is 4.81. The molecule has 0 aliphatic carbocycles. The van der Waals surface area contributed by atoms with Crippen LogP contribution in [0.3, 0.4) is 0 Å². The Labute approximate surface area is 162 Å². The van der Waals surface area contributed by atoms with E-state index in [9.17, 15) is 14.0 Å². The molecule has 2 rings (SSSR count). The van der Waals surface area contributed by atoms with Crippen LogP contribution < -0.4 is 5.32 Å². The molecule has 0 bridgehead atoms. The third kappa shape index (κ3) is 5.69. The van der Waals surface area contributed by atoms with E-state index in [0.29, 0.717) is 13.0 Å². The van der Waals surface area contributed by atoms with Gasteiger partial charge in [0.05, 0.1) is 6.54 Å². The molecule has 2 amide bonds. The average molecular weight is 429 g/mol. The molecule has 1 N–H and O–H groups in total. The molecular weight excluding hydrogens is 403 g/mol. The highest BCUT2D eigenvalue weighted by molar-refractivity contribution is 9.10. The molecule has 0 saturated carbocycles. The van der Waals surface area contributed by atoms with Crippen molar-refractivity contribution in [2.75, 3.05) is 13.1 Å². The van der Waals surface area contributed by atoms with Gasteiger partial charge in [-0.2, -0.15) is 0 Å². The van der Waals surface area contributed by atoms with Crippen molar-refractivity contribution in [3.8, 4) is 0 Å². The second kappa shape index (κ2) is 8.37. The van der Waals surface area contributed by atoms with Gasteiger partial charge in [0.2, 0.25) is 5.91 Å². The van der Waals surface area contributed by atoms with Gasteiger partial charge in [0, 0.05) is 16.9 Å². The normalized spacial score (nSPS) is 19.8. The smallest absolute Gasteiger partial charge is 0.408 e. The topological polar surface area (TPSA) is 58.6 Å². The number of ether oxygens (including phenoxy) is 1. The molecule has 7 heteroatoms. The van der Waals surface area contributed by atoms with Crippen LogP contribution in [0.2, 0.25) is 0 Å². The number of hydrogen-bond acceptors (Lipinski definition) is 3. The van der Waals surface area contributed by atoms with Gasteiger partial charge >= 0.3 is 6.09 Å². The molecule has 26 heavy (non-hydrogen) atoms. The monoisotopic (exact) mass is 428 g/mol. The molecule has 3 atom stereocenters. The summed E-state index contributed by atoms with van der Waals surface area (Å²) in [6.45, 7) is 7.57. The summed E-state index contributed by atoms with van der Waals surface area (Å²) in [4.78, 5) is 26.7. The van der Waals surface area contributed by atoms with Crippen molar-refractivity contribution in [3.05, 3.63) is 34.3 Å². The van der Waals surface area contributed by atoms with Crippen LogP contribution in [0.15, 0.2) is 28.7 Å². The number of nitrogens with one attached hydrogen (secondary N) is 1. The Morgan fingerprint density at radius 2 is 1.92 bits per heavy atom. The maximum Gasteiger partial charge on any atom is 0.408 e. The first-order valence-electron chi connectivity index (χ1n) is 8.74. The molecule has 0 radical (unpaired) electrons. The van der Waals surface area contributed by atoms with Gasteiger partial charge in [-0.3, -0.25) is 4.79 Å². The minimum Gasteiger partial charge on any atom is -0.444 e. The number of likely N-dealkylation sites (tertiary alicyclic amines) is 1. The molecule has 1 aromatic rings. The van der Waals surface area contributed by atoms with E-state index in [1.54, 1.807) is 20.8 Å². The molecule has 0 spiro atoms. The van der Waals surface area contributed by atoms with Crippen molar-refractivity contribution in [2.24, 2.45) is 0 Å². The van der Waals surface area contributed by atoms with E-state index < -0.39 is 23.9 Å². The van der Waals surface area contributed by atoms with Crippen molar-refractivity contribution >= 4 is 27.9 Å². The first-order chi connectivity index (χ1) is 12.1. The Hall–Kier alpha value is -1.63. The van der Waals surface area contributed by atoms with E-state index in [0.717, 1.165) is 10.0 Å². The van der Waals surface area contributed by atoms with Crippen molar-refractivity contribution in [3.63, 3.8) is 0 Å². The van der Waals surface area contributed by atoms with Crippen LogP contribution >= 0.6 is 15.9 Å². The molecule has 1 aliphatic rings. The highest BCUT2D eigenvalue weighted by Crippen LogP contribution is 2.25. The highest BCUT2D eigenvalue weighted by Gasteiger charge is 2.36. The zero-order valence-corrected chi connectivity index (χ0v) is 17.2. The van der Waals surface area contributed by atoms with Crippen molar-refractivity contribution in [2.45, 2.75) is 57.8 Å². The largest absolute Gasteiger partial charge is 0.444 e. The standard InChI is InChI=1S/C19H26BrFN2O3/c1-12(13-5-7-14(20)8-6-13)16(22-18(25)26-19(2,3)4)17(24)23-10-9-15(21)11-23/h5-8,12,15-16H,9-11H2,1-4H3,(H,22,25)/t12?,15-,16?/m0/s1. The van der Waals surface area contributed by atoms with Crippen molar-refractivity contribution in [1.82, 2.24) is 10.2 Å². The van der Waals surface area contributed by atoms with E-state index in [1.165, 1.54) is 4.90 Å². The van der Waals surface area contributed by atoms with Crippen LogP contribution in [0, 0.1) is 0 Å². The molecule has 1 aliphatic heterocycles. The van der Waals surface area contributed by atoms with Gasteiger partial charge in [-0.1, -0.05) is 35.0 Å². The second-order valence-electron chi connectivity index (χ2n) is 7.63. The zero-order valence-electron chi connectivity index (χ0n) is 15.6. The van der Waals surface area contributed by atoms with Crippen LogP contribution in [0.25, 0.3) is 0 Å². The van der Waals surface area contributed by atoms with Gasteiger partial charge < -0.3 is 15.0 Å². The lowest BCUT2D eigenvalue weighted by Crippen LogP contribution is -2.51. The molecule has 1 saturated heterocycles. The lowest BCUT2D eigenvalue weighted by molar-refractivity contribution is -0.133. The van der Waals surface area contributed by atoms with Crippen LogP contribution in [0.1, 0.15) is 45.6 Å². The minimum absolute atomic E-state index is 0.0678. The number of rotatable bonds is 4. The molecule has 144 valence electrons. The maximum absolute atomic E-state index is 13.5. The van der Waals surface area contributed by atoms with Crippen molar-refractivity contribution in [1.29, 1.82) is 0 Å². The SMILES string of the molecule is CC(c1ccc(Br)cc1)C(NC(=O)OC(C)(C)C)C(=O)N1CC[C@H](F)C1. The summed E-state index contributed by atoms with van der Waals surface area (Å²) in [5, 5.41) is 2.69. The minimum atomic E-state index is -1.01. The molecule has 1 aromatic carbocycles. The van der Waals surface area contributed by atoms with Gasteiger partial charge in [-0.15, -0.1) is 0 Å². The summed E-state index contributed by atoms with van der Waals surface area (Å²) in [5.74, 6) is -0.576. The highest BCUT2D eigenvalue weighted by atomic mass is 79.9. The van der Waals surface area contributed by atoms with E-state index in [2.05, 4.69) is 21.2 Å². The molecule has 5 nitrogen and oxygen atoms in total. The summed E-state index contributed by atoms with van der Waals surface area (Å²) < 4.78 is 19.8. The summed E-state index contributed by atoms with van der Waals surface area (Å²) in [5.41, 5.74) is 0.231. The molecule has 1 fully saturated rings. The number of carbonyl (C=O) groups is 2. The summed E-state index contributed by atoms with van der Waals surface area (Å²) in [7, 11) is 0. The molecular formula is C19H26BrFN2O3. The summed E-state index contributed by atoms with van der Waals surface area (Å²) in [6, 6.07) is 6.74. The maximum atomic E-state index is 13.5. The third-order valence-electron chi connectivity index (χ3n) is 4.28. The van der Waals surface area contributed by atoms with E-state index in [-0.39, 0.29) is 18.4 Å². The number of benzene rings is 1. The number of nitrogens with zero attached hydrogens (tertiary/aromatic N) is 1. The first kappa shape index (κ1) is 20.7. The van der Waals surface area contributed by atoms with Crippen LogP contribution in [0.4, 0.5) is 9.18 Å². The number of hydrogen-bond donors (Lipinski definition) is 1. The number of carbonyl (C=O) groups excluding carboxylic acids is 2. The van der Waals surface area contributed by atoms with Gasteiger partial charge in [-0.25, -0.2) is 9.18 Å². The predicted octanol–water partition coefficient (Wildman–Crippen LogP) is 4.02. The predicted molar refractivity (Wildman–Crippen MR) is 102 cm³/mol. The Morgan fingerprint density at radius 3 is 2.42 bits per heavy atom. The Kier molecular flexibility index (Phi) is 6.66. The Balaban J connectivity index is 2.21. The zero-order chi connectivity index (χ0) is 19.5. The van der Waals surface area contributed by atoms with Gasteiger partial charge in [0.25, 0.3) is 0 Å². The van der Waals surface area contributed by atoms with E-state index in [4.69, 9.17) is 4.74 Å². The van der Waals surface area contributed by atoms with Gasteiger partial charge in [-0.05, 0) is 44.9 Å². The van der Waals surface area contributed by atoms with E-state index >= 15 is 0 Å². The first-order valence-corrected chi connectivity index (χ1v) is 9.54. The molecule has 0 aromatic heterocycles. The molecule has 1 heterocycles. The van der Waals surface area contributed by atoms with Gasteiger partial charge in [0.15, 0.2) is 0 Å². The lowest BCUT2D eigenvalue weighted by Gasteiger charge is -2.30. The van der Waals surface area contributed by atoms with Crippen LogP contribution in [-0.2, 0) is 9.53 Å². The Morgan fingerprint density at radius 1 is 1.31 bits per heavy atom. The number of halogens is 2. The summed E-state index contributed by atoms with van der Waals surface area (Å²) >= 11 is 3.39. The molecule has 2 unspecified atom stereocenters.